The summed E-state index contributed by atoms with van der Waals surface area (Å²) in [5.74, 6) is -0.0399. The molecule has 0 radical (unpaired) electrons. The topological polar surface area (TPSA) is 51.5 Å². The van der Waals surface area contributed by atoms with E-state index < -0.39 is 15.9 Å². The Bertz CT molecular complexity index is 613. The van der Waals surface area contributed by atoms with Crippen LogP contribution in [0.3, 0.4) is 0 Å². The molecule has 112 valence electrons. The van der Waals surface area contributed by atoms with E-state index in [1.54, 1.807) is 24.3 Å². The maximum absolute atomic E-state index is 12.0. The van der Waals surface area contributed by atoms with Gasteiger partial charge < -0.3 is 14.5 Å². The normalized spacial score (nSPS) is 12.8. The molecule has 1 heterocycles. The van der Waals surface area contributed by atoms with Gasteiger partial charge in [0.15, 0.2) is 5.76 Å². The molecule has 1 atom stereocenters. The second-order valence-corrected chi connectivity index (χ2v) is 7.14. The molecule has 1 aromatic heterocycles. The Kier molecular flexibility index (Phi) is 5.43. The fourth-order valence-corrected chi connectivity index (χ4v) is 2.12. The van der Waals surface area contributed by atoms with Gasteiger partial charge in [-0.25, -0.2) is 0 Å². The van der Waals surface area contributed by atoms with E-state index >= 15 is 0 Å². The maximum Gasteiger partial charge on any atom is 0.289 e. The van der Waals surface area contributed by atoms with Gasteiger partial charge in [0.05, 0.1) is 10.7 Å². The van der Waals surface area contributed by atoms with Gasteiger partial charge in [0.25, 0.3) is 5.91 Å². The number of benzene rings is 1. The van der Waals surface area contributed by atoms with Crippen molar-refractivity contribution in [2.45, 2.75) is 10.0 Å². The Hall–Kier alpha value is -0.880. The lowest BCUT2D eigenvalue weighted by Crippen LogP contribution is -2.47. The molecule has 0 unspecified atom stereocenters. The average Bonchev–Trinajstić information content (AvgIpc) is 2.93. The van der Waals surface area contributed by atoms with Crippen LogP contribution in [0, 0.1) is 0 Å². The minimum Gasteiger partial charge on any atom is -0.465 e. The lowest BCUT2D eigenvalue weighted by atomic mass is 10.3. The van der Waals surface area contributed by atoms with E-state index in [1.807, 2.05) is 6.07 Å². The van der Waals surface area contributed by atoms with Crippen molar-refractivity contribution in [2.75, 3.05) is 0 Å². The van der Waals surface area contributed by atoms with Gasteiger partial charge in [0.1, 0.15) is 5.75 Å². The number of carbonyl (C=O) groups is 1. The molecule has 0 aliphatic rings. The molecule has 0 aliphatic heterocycles. The van der Waals surface area contributed by atoms with Crippen molar-refractivity contribution < 1.29 is 13.9 Å². The maximum atomic E-state index is 12.0. The lowest BCUT2D eigenvalue weighted by Gasteiger charge is -2.26. The number of alkyl halides is 3. The zero-order valence-electron chi connectivity index (χ0n) is 10.4. The molecule has 8 heteroatoms. The highest BCUT2D eigenvalue weighted by Gasteiger charge is 2.37. The third-order valence-corrected chi connectivity index (χ3v) is 3.64. The van der Waals surface area contributed by atoms with Crippen LogP contribution in [-0.4, -0.2) is 15.9 Å². The summed E-state index contributed by atoms with van der Waals surface area (Å²) in [4.78, 5) is 12.0. The largest absolute Gasteiger partial charge is 0.465 e. The molecule has 4 nitrogen and oxygen atoms in total. The highest BCUT2D eigenvalue weighted by Crippen LogP contribution is 2.34. The molecule has 21 heavy (non-hydrogen) atoms. The molecular formula is C13H9BrCl3NO3. The standard InChI is InChI=1S/C13H9BrCl3NO3/c14-8-4-1-2-5-9(8)21-12(13(15,16)17)18-11(19)10-6-3-7-20-10/h1-7,12H,(H,18,19)/t12-/m0/s1. The minimum atomic E-state index is -1.86. The predicted octanol–water partition coefficient (Wildman–Crippen LogP) is 4.55. The van der Waals surface area contributed by atoms with Gasteiger partial charge in [-0.2, -0.15) is 0 Å². The van der Waals surface area contributed by atoms with Crippen molar-refractivity contribution in [3.8, 4) is 5.75 Å². The van der Waals surface area contributed by atoms with E-state index in [4.69, 9.17) is 44.0 Å². The zero-order valence-corrected chi connectivity index (χ0v) is 14.2. The molecule has 2 rings (SSSR count). The Morgan fingerprint density at radius 2 is 1.95 bits per heavy atom. The highest BCUT2D eigenvalue weighted by atomic mass is 79.9. The van der Waals surface area contributed by atoms with E-state index in [1.165, 1.54) is 12.3 Å². The number of amides is 1. The SMILES string of the molecule is O=C(N[C@@H](Oc1ccccc1Br)C(Cl)(Cl)Cl)c1ccco1. The van der Waals surface area contributed by atoms with Crippen LogP contribution in [-0.2, 0) is 0 Å². The van der Waals surface area contributed by atoms with E-state index in [0.717, 1.165) is 0 Å². The molecule has 0 saturated heterocycles. The van der Waals surface area contributed by atoms with E-state index in [0.29, 0.717) is 10.2 Å². The number of hydrogen-bond donors (Lipinski definition) is 1. The van der Waals surface area contributed by atoms with Crippen LogP contribution in [0.5, 0.6) is 5.75 Å². The third-order valence-electron chi connectivity index (χ3n) is 2.39. The van der Waals surface area contributed by atoms with Crippen LogP contribution >= 0.6 is 50.7 Å². The van der Waals surface area contributed by atoms with Crippen molar-refractivity contribution in [3.63, 3.8) is 0 Å². The van der Waals surface area contributed by atoms with E-state index in [-0.39, 0.29) is 5.76 Å². The third kappa shape index (κ3) is 4.54. The van der Waals surface area contributed by atoms with Gasteiger partial charge in [-0.1, -0.05) is 46.9 Å². The van der Waals surface area contributed by atoms with Gasteiger partial charge in [0, 0.05) is 0 Å². The van der Waals surface area contributed by atoms with Crippen LogP contribution in [0.2, 0.25) is 0 Å². The summed E-state index contributed by atoms with van der Waals surface area (Å²) in [5.41, 5.74) is 0. The zero-order chi connectivity index (χ0) is 15.5. The van der Waals surface area contributed by atoms with Crippen molar-refractivity contribution in [1.82, 2.24) is 5.32 Å². The number of nitrogens with one attached hydrogen (secondary N) is 1. The first-order valence-electron chi connectivity index (χ1n) is 5.70. The second kappa shape index (κ2) is 6.92. The van der Waals surface area contributed by atoms with Gasteiger partial charge in [0.2, 0.25) is 10.0 Å². The predicted molar refractivity (Wildman–Crippen MR) is 85.0 cm³/mol. The number of hydrogen-bond acceptors (Lipinski definition) is 3. The Morgan fingerprint density at radius 1 is 1.24 bits per heavy atom. The fraction of sp³-hybridized carbons (Fsp3) is 0.154. The number of ether oxygens (including phenoxy) is 1. The number of carbonyl (C=O) groups excluding carboxylic acids is 1. The highest BCUT2D eigenvalue weighted by molar-refractivity contribution is 9.10. The molecule has 0 saturated carbocycles. The fourth-order valence-electron chi connectivity index (χ4n) is 1.44. The summed E-state index contributed by atoms with van der Waals surface area (Å²) in [6, 6.07) is 10.1. The first kappa shape index (κ1) is 16.5. The average molecular weight is 413 g/mol. The van der Waals surface area contributed by atoms with E-state index in [9.17, 15) is 4.79 Å². The molecule has 0 aliphatic carbocycles. The van der Waals surface area contributed by atoms with Crippen LogP contribution in [0.1, 0.15) is 10.6 Å². The van der Waals surface area contributed by atoms with Gasteiger partial charge in [-0.05, 0) is 40.2 Å². The monoisotopic (exact) mass is 411 g/mol. The minimum absolute atomic E-state index is 0.0879. The molecule has 1 aromatic carbocycles. The molecule has 2 aromatic rings. The first-order chi connectivity index (χ1) is 9.88. The molecule has 0 fully saturated rings. The molecular weight excluding hydrogens is 404 g/mol. The van der Waals surface area contributed by atoms with Gasteiger partial charge in [-0.15, -0.1) is 0 Å². The van der Waals surface area contributed by atoms with E-state index in [2.05, 4.69) is 21.2 Å². The van der Waals surface area contributed by atoms with Gasteiger partial charge >= 0.3 is 0 Å². The molecule has 1 N–H and O–H groups in total. The van der Waals surface area contributed by atoms with Crippen LogP contribution in [0.15, 0.2) is 51.6 Å². The first-order valence-corrected chi connectivity index (χ1v) is 7.63. The van der Waals surface area contributed by atoms with Crippen LogP contribution in [0.4, 0.5) is 0 Å². The number of halogens is 4. The smallest absolute Gasteiger partial charge is 0.289 e. The molecule has 0 spiro atoms. The van der Waals surface area contributed by atoms with Crippen molar-refractivity contribution in [3.05, 3.63) is 52.9 Å². The quantitative estimate of drug-likeness (QED) is 0.591. The van der Waals surface area contributed by atoms with Crippen molar-refractivity contribution >= 4 is 56.6 Å². The summed E-state index contributed by atoms with van der Waals surface area (Å²) in [6.07, 6.45) is 0.173. The Morgan fingerprint density at radius 3 is 2.52 bits per heavy atom. The number of para-hydroxylation sites is 1. The van der Waals surface area contributed by atoms with Crippen LogP contribution < -0.4 is 10.1 Å². The lowest BCUT2D eigenvalue weighted by molar-refractivity contribution is 0.0804. The summed E-state index contributed by atoms with van der Waals surface area (Å²) < 4.78 is 9.34. The summed E-state index contributed by atoms with van der Waals surface area (Å²) in [6.45, 7) is 0. The van der Waals surface area contributed by atoms with Crippen molar-refractivity contribution in [1.29, 1.82) is 0 Å². The summed E-state index contributed by atoms with van der Waals surface area (Å²) in [5, 5.41) is 2.46. The molecule has 0 bridgehead atoms. The van der Waals surface area contributed by atoms with Crippen molar-refractivity contribution in [2.24, 2.45) is 0 Å². The summed E-state index contributed by atoms with van der Waals surface area (Å²) >= 11 is 20.9. The number of rotatable bonds is 4. The van der Waals surface area contributed by atoms with Gasteiger partial charge in [-0.3, -0.25) is 4.79 Å². The second-order valence-electron chi connectivity index (χ2n) is 3.92. The molecule has 1 amide bonds. The Balaban J connectivity index is 2.16. The van der Waals surface area contributed by atoms with Crippen LogP contribution in [0.25, 0.3) is 0 Å². The Labute approximate surface area is 144 Å². The summed E-state index contributed by atoms with van der Waals surface area (Å²) in [7, 11) is 0. The number of furan rings is 1.